The van der Waals surface area contributed by atoms with Gasteiger partial charge in [0.15, 0.2) is 0 Å². The Labute approximate surface area is 122 Å². The van der Waals surface area contributed by atoms with Crippen molar-refractivity contribution in [3.8, 4) is 5.75 Å². The molecule has 21 heavy (non-hydrogen) atoms. The molecule has 3 rings (SSSR count). The first-order valence-corrected chi connectivity index (χ1v) is 6.56. The van der Waals surface area contributed by atoms with Gasteiger partial charge < -0.3 is 14.5 Å². The highest BCUT2D eigenvalue weighted by atomic mass is 16.5. The van der Waals surface area contributed by atoms with E-state index in [4.69, 9.17) is 4.74 Å². The molecule has 0 saturated heterocycles. The molecule has 1 amide bonds. The molecule has 0 fully saturated rings. The number of nitrogens with one attached hydrogen (secondary N) is 1. The van der Waals surface area contributed by atoms with Crippen LogP contribution >= 0.6 is 0 Å². The number of anilines is 1. The number of benzene rings is 1. The van der Waals surface area contributed by atoms with Crippen molar-refractivity contribution in [1.29, 1.82) is 0 Å². The second-order valence-corrected chi connectivity index (χ2v) is 4.78. The second-order valence-electron chi connectivity index (χ2n) is 4.78. The van der Waals surface area contributed by atoms with Gasteiger partial charge in [-0.05, 0) is 36.8 Å². The highest BCUT2D eigenvalue weighted by Gasteiger charge is 2.11. The van der Waals surface area contributed by atoms with Gasteiger partial charge in [0, 0.05) is 24.1 Å². The largest absolute Gasteiger partial charge is 0.497 e. The summed E-state index contributed by atoms with van der Waals surface area (Å²) in [7, 11) is 1.59. The summed E-state index contributed by atoms with van der Waals surface area (Å²) >= 11 is 0. The van der Waals surface area contributed by atoms with Gasteiger partial charge in [0.05, 0.1) is 7.11 Å². The van der Waals surface area contributed by atoms with Crippen molar-refractivity contribution in [2.75, 3.05) is 12.4 Å². The third-order valence-corrected chi connectivity index (χ3v) is 3.18. The predicted octanol–water partition coefficient (Wildman–Crippen LogP) is 2.90. The Morgan fingerprint density at radius 2 is 2.14 bits per heavy atom. The topological polar surface area (TPSA) is 55.6 Å². The van der Waals surface area contributed by atoms with Crippen molar-refractivity contribution >= 4 is 17.2 Å². The van der Waals surface area contributed by atoms with Crippen LogP contribution in [0, 0.1) is 6.92 Å². The van der Waals surface area contributed by atoms with Crippen LogP contribution in [0.3, 0.4) is 0 Å². The molecule has 2 aromatic heterocycles. The first-order chi connectivity index (χ1) is 10.2. The van der Waals surface area contributed by atoms with Gasteiger partial charge >= 0.3 is 0 Å². The van der Waals surface area contributed by atoms with Crippen LogP contribution in [0.25, 0.3) is 5.65 Å². The molecule has 0 bridgehead atoms. The van der Waals surface area contributed by atoms with Gasteiger partial charge in [0.1, 0.15) is 17.1 Å². The quantitative estimate of drug-likeness (QED) is 0.803. The molecule has 1 aromatic carbocycles. The van der Waals surface area contributed by atoms with E-state index in [0.29, 0.717) is 17.1 Å². The van der Waals surface area contributed by atoms with Crippen LogP contribution in [0.4, 0.5) is 5.69 Å². The molecular weight excluding hydrogens is 266 g/mol. The van der Waals surface area contributed by atoms with E-state index in [2.05, 4.69) is 10.3 Å². The number of carbonyl (C=O) groups is 1. The van der Waals surface area contributed by atoms with Crippen molar-refractivity contribution in [3.63, 3.8) is 0 Å². The number of amides is 1. The summed E-state index contributed by atoms with van der Waals surface area (Å²) in [6, 6.07) is 11.1. The number of nitrogens with zero attached hydrogens (tertiary/aromatic N) is 2. The molecule has 0 spiro atoms. The van der Waals surface area contributed by atoms with E-state index in [0.717, 1.165) is 11.2 Å². The normalized spacial score (nSPS) is 10.6. The van der Waals surface area contributed by atoms with Crippen molar-refractivity contribution < 1.29 is 9.53 Å². The maximum Gasteiger partial charge on any atom is 0.275 e. The smallest absolute Gasteiger partial charge is 0.275 e. The third-order valence-electron chi connectivity index (χ3n) is 3.18. The molecular formula is C16H15N3O2. The molecule has 0 atom stereocenters. The third kappa shape index (κ3) is 2.72. The monoisotopic (exact) mass is 281 g/mol. The zero-order valence-electron chi connectivity index (χ0n) is 11.8. The molecule has 0 aliphatic heterocycles. The maximum absolute atomic E-state index is 12.2. The van der Waals surface area contributed by atoms with E-state index in [1.807, 2.05) is 41.8 Å². The van der Waals surface area contributed by atoms with Crippen LogP contribution in [0.5, 0.6) is 5.75 Å². The lowest BCUT2D eigenvalue weighted by Crippen LogP contribution is -2.12. The standard InChI is InChI=1S/C16H15N3O2/c1-11-6-7-19-10-14(18-15(19)8-11)16(20)17-12-4-3-5-13(9-12)21-2/h3-10H,1-2H3,(H,17,20). The van der Waals surface area contributed by atoms with E-state index in [1.54, 1.807) is 25.4 Å². The highest BCUT2D eigenvalue weighted by Crippen LogP contribution is 2.17. The van der Waals surface area contributed by atoms with Gasteiger partial charge in [0.2, 0.25) is 0 Å². The lowest BCUT2D eigenvalue weighted by molar-refractivity contribution is 0.102. The molecule has 5 nitrogen and oxygen atoms in total. The maximum atomic E-state index is 12.2. The Morgan fingerprint density at radius 1 is 1.29 bits per heavy atom. The summed E-state index contributed by atoms with van der Waals surface area (Å²) < 4.78 is 6.96. The number of aryl methyl sites for hydroxylation is 1. The van der Waals surface area contributed by atoms with E-state index >= 15 is 0 Å². The summed E-state index contributed by atoms with van der Waals surface area (Å²) in [6.07, 6.45) is 3.60. The molecule has 5 heteroatoms. The average molecular weight is 281 g/mol. The Bertz CT molecular complexity index is 808. The van der Waals surface area contributed by atoms with E-state index < -0.39 is 0 Å². The van der Waals surface area contributed by atoms with E-state index in [-0.39, 0.29) is 5.91 Å². The highest BCUT2D eigenvalue weighted by molar-refractivity contribution is 6.03. The van der Waals surface area contributed by atoms with Gasteiger partial charge in [0.25, 0.3) is 5.91 Å². The zero-order chi connectivity index (χ0) is 14.8. The van der Waals surface area contributed by atoms with Gasteiger partial charge in [-0.3, -0.25) is 4.79 Å². The second kappa shape index (κ2) is 5.28. The van der Waals surface area contributed by atoms with E-state index in [1.165, 1.54) is 0 Å². The lowest BCUT2D eigenvalue weighted by Gasteiger charge is -2.05. The van der Waals surface area contributed by atoms with Gasteiger partial charge in [-0.25, -0.2) is 4.98 Å². The fraction of sp³-hybridized carbons (Fsp3) is 0.125. The zero-order valence-corrected chi connectivity index (χ0v) is 11.8. The number of rotatable bonds is 3. The number of hydrogen-bond donors (Lipinski definition) is 1. The van der Waals surface area contributed by atoms with Crippen LogP contribution in [-0.4, -0.2) is 22.4 Å². The number of imidazole rings is 1. The minimum atomic E-state index is -0.246. The number of methoxy groups -OCH3 is 1. The van der Waals surface area contributed by atoms with Crippen molar-refractivity contribution in [2.45, 2.75) is 6.92 Å². The van der Waals surface area contributed by atoms with Crippen molar-refractivity contribution in [3.05, 3.63) is 60.0 Å². The summed E-state index contributed by atoms with van der Waals surface area (Å²) in [5.41, 5.74) is 2.91. The average Bonchev–Trinajstić information content (AvgIpc) is 2.90. The minimum Gasteiger partial charge on any atom is -0.497 e. The molecule has 106 valence electrons. The number of aromatic nitrogens is 2. The van der Waals surface area contributed by atoms with Crippen LogP contribution in [0.2, 0.25) is 0 Å². The van der Waals surface area contributed by atoms with E-state index in [9.17, 15) is 4.79 Å². The number of fused-ring (bicyclic) bond motifs is 1. The molecule has 3 aromatic rings. The summed E-state index contributed by atoms with van der Waals surface area (Å²) in [6.45, 7) is 1.99. The van der Waals surface area contributed by atoms with Gasteiger partial charge in [-0.1, -0.05) is 6.07 Å². The molecule has 1 N–H and O–H groups in total. The lowest BCUT2D eigenvalue weighted by atomic mass is 10.3. The SMILES string of the molecule is COc1cccc(NC(=O)c2cn3ccc(C)cc3n2)c1. The van der Waals surface area contributed by atoms with Crippen LogP contribution in [0.15, 0.2) is 48.8 Å². The molecule has 2 heterocycles. The Balaban J connectivity index is 1.86. The molecule has 0 radical (unpaired) electrons. The Hall–Kier alpha value is -2.82. The number of pyridine rings is 1. The summed E-state index contributed by atoms with van der Waals surface area (Å²) in [4.78, 5) is 16.6. The molecule has 0 saturated carbocycles. The predicted molar refractivity (Wildman–Crippen MR) is 80.9 cm³/mol. The number of hydrogen-bond acceptors (Lipinski definition) is 3. The number of carbonyl (C=O) groups excluding carboxylic acids is 1. The molecule has 0 aliphatic rings. The van der Waals surface area contributed by atoms with Crippen molar-refractivity contribution in [1.82, 2.24) is 9.38 Å². The van der Waals surface area contributed by atoms with Gasteiger partial charge in [-0.2, -0.15) is 0 Å². The van der Waals surface area contributed by atoms with Crippen LogP contribution < -0.4 is 10.1 Å². The molecule has 0 aliphatic carbocycles. The first-order valence-electron chi connectivity index (χ1n) is 6.56. The van der Waals surface area contributed by atoms with Crippen molar-refractivity contribution in [2.24, 2.45) is 0 Å². The molecule has 0 unspecified atom stereocenters. The Kier molecular flexibility index (Phi) is 3.31. The first kappa shape index (κ1) is 13.2. The minimum absolute atomic E-state index is 0.246. The Morgan fingerprint density at radius 3 is 2.95 bits per heavy atom. The summed E-state index contributed by atoms with van der Waals surface area (Å²) in [5.74, 6) is 0.447. The van der Waals surface area contributed by atoms with Crippen LogP contribution in [0.1, 0.15) is 16.1 Å². The fourth-order valence-electron chi connectivity index (χ4n) is 2.09. The summed E-state index contributed by atoms with van der Waals surface area (Å²) in [5, 5.41) is 2.81. The number of ether oxygens (including phenoxy) is 1. The fourth-order valence-corrected chi connectivity index (χ4v) is 2.09. The van der Waals surface area contributed by atoms with Crippen LogP contribution in [-0.2, 0) is 0 Å². The van der Waals surface area contributed by atoms with Gasteiger partial charge in [-0.15, -0.1) is 0 Å².